The van der Waals surface area contributed by atoms with Crippen LogP contribution in [0.4, 0.5) is 5.69 Å². The summed E-state index contributed by atoms with van der Waals surface area (Å²) in [5.41, 5.74) is 1.04. The minimum atomic E-state index is -0.637. The van der Waals surface area contributed by atoms with Gasteiger partial charge < -0.3 is 10.0 Å². The molecule has 0 saturated carbocycles. The molecule has 0 bridgehead atoms. The molecule has 1 saturated heterocycles. The van der Waals surface area contributed by atoms with Crippen molar-refractivity contribution in [3.63, 3.8) is 0 Å². The van der Waals surface area contributed by atoms with E-state index in [2.05, 4.69) is 0 Å². The third-order valence-corrected chi connectivity index (χ3v) is 2.54. The molecule has 1 aliphatic heterocycles. The highest BCUT2D eigenvalue weighted by atomic mass is 16.3. The summed E-state index contributed by atoms with van der Waals surface area (Å²) in [6.07, 6.45) is 0.297. The van der Waals surface area contributed by atoms with Crippen molar-refractivity contribution in [2.75, 3.05) is 11.4 Å². The zero-order chi connectivity index (χ0) is 9.26. The lowest BCUT2D eigenvalue weighted by Gasteiger charge is -2.26. The molecule has 1 atom stereocenters. The highest BCUT2D eigenvalue weighted by molar-refractivity contribution is 5.49. The van der Waals surface area contributed by atoms with Crippen LogP contribution in [0.5, 0.6) is 0 Å². The average molecular weight is 175 g/mol. The summed E-state index contributed by atoms with van der Waals surface area (Å²) >= 11 is 0. The molecule has 2 heteroatoms. The second-order valence-electron chi connectivity index (χ2n) is 3.48. The second kappa shape index (κ2) is 3.30. The molecular weight excluding hydrogens is 162 g/mol. The molecule has 1 aliphatic rings. The zero-order valence-electron chi connectivity index (χ0n) is 7.73. The summed E-state index contributed by atoms with van der Waals surface area (Å²) in [6.45, 7) is 2.81. The van der Waals surface area contributed by atoms with Crippen molar-refractivity contribution in [1.82, 2.24) is 0 Å². The Balaban J connectivity index is 2.19. The largest absolute Gasteiger partial charge is 0.798 e. The lowest BCUT2D eigenvalue weighted by Crippen LogP contribution is -2.42. The second-order valence-corrected chi connectivity index (χ2v) is 3.48. The van der Waals surface area contributed by atoms with E-state index in [1.54, 1.807) is 0 Å². The number of hydrogen-bond acceptors (Lipinski definition) is 2. The molecule has 68 valence electrons. The van der Waals surface area contributed by atoms with Crippen molar-refractivity contribution < 1.29 is 5.11 Å². The van der Waals surface area contributed by atoms with E-state index in [1.165, 1.54) is 0 Å². The smallest absolute Gasteiger partial charge is 0.108 e. The number of para-hydroxylation sites is 1. The number of rotatable bonds is 1. The first-order valence-electron chi connectivity index (χ1n) is 4.59. The molecule has 0 aliphatic carbocycles. The highest BCUT2D eigenvalue weighted by Crippen LogP contribution is 2.27. The lowest BCUT2D eigenvalue weighted by molar-refractivity contribution is -0.408. The molecule has 1 heterocycles. The van der Waals surface area contributed by atoms with Gasteiger partial charge >= 0.3 is 0 Å². The Labute approximate surface area is 78.8 Å². The SMILES string of the molecule is C[C+]1CCN(c2ccccc2)C1[O-]. The molecule has 0 radical (unpaired) electrons. The standard InChI is InChI=1S/C11H13NO/c1-9-7-8-12(11(9)13)10-5-3-2-4-6-10/h2-6,11H,7-8H2,1H3. The van der Waals surface area contributed by atoms with Crippen LogP contribution >= 0.6 is 0 Å². The fourth-order valence-corrected chi connectivity index (χ4v) is 1.69. The van der Waals surface area contributed by atoms with Gasteiger partial charge in [0.1, 0.15) is 12.6 Å². The monoisotopic (exact) mass is 175 g/mol. The maximum absolute atomic E-state index is 11.7. The number of hydrogen-bond donors (Lipinski definition) is 0. The Morgan fingerprint density at radius 3 is 2.62 bits per heavy atom. The van der Waals surface area contributed by atoms with Crippen LogP contribution in [0.15, 0.2) is 30.3 Å². The van der Waals surface area contributed by atoms with Gasteiger partial charge in [0.25, 0.3) is 0 Å². The van der Waals surface area contributed by atoms with Gasteiger partial charge in [0, 0.05) is 5.69 Å². The van der Waals surface area contributed by atoms with Crippen molar-refractivity contribution >= 4 is 5.69 Å². The molecule has 0 amide bonds. The fraction of sp³-hybridized carbons (Fsp3) is 0.364. The van der Waals surface area contributed by atoms with E-state index in [0.717, 1.165) is 24.6 Å². The lowest BCUT2D eigenvalue weighted by atomic mass is 10.1. The maximum atomic E-state index is 11.7. The van der Waals surface area contributed by atoms with Crippen molar-refractivity contribution in [1.29, 1.82) is 0 Å². The van der Waals surface area contributed by atoms with Gasteiger partial charge in [0.15, 0.2) is 0 Å². The minimum absolute atomic E-state index is 0.637. The quantitative estimate of drug-likeness (QED) is 0.599. The van der Waals surface area contributed by atoms with E-state index < -0.39 is 6.23 Å². The molecule has 2 rings (SSSR count). The first kappa shape index (κ1) is 8.45. The number of benzene rings is 1. The van der Waals surface area contributed by atoms with Gasteiger partial charge in [-0.2, -0.15) is 0 Å². The molecule has 0 aromatic heterocycles. The third kappa shape index (κ3) is 1.49. The van der Waals surface area contributed by atoms with Crippen LogP contribution < -0.4 is 10.0 Å². The van der Waals surface area contributed by atoms with Crippen LogP contribution in [0.25, 0.3) is 0 Å². The molecule has 1 fully saturated rings. The summed E-state index contributed by atoms with van der Waals surface area (Å²) in [4.78, 5) is 1.91. The van der Waals surface area contributed by atoms with Gasteiger partial charge in [-0.1, -0.05) is 18.2 Å². The topological polar surface area (TPSA) is 26.3 Å². The molecular formula is C11H13NO. The van der Waals surface area contributed by atoms with Crippen LogP contribution in [0.3, 0.4) is 0 Å². The Bertz CT molecular complexity index is 273. The Hall–Kier alpha value is -1.15. The molecule has 2 nitrogen and oxygen atoms in total. The summed E-state index contributed by atoms with van der Waals surface area (Å²) in [5, 5.41) is 11.7. The van der Waals surface area contributed by atoms with Gasteiger partial charge in [-0.3, -0.25) is 0 Å². The molecule has 1 aromatic carbocycles. The van der Waals surface area contributed by atoms with E-state index in [4.69, 9.17) is 0 Å². The van der Waals surface area contributed by atoms with Crippen molar-refractivity contribution in [2.45, 2.75) is 19.6 Å². The zero-order valence-corrected chi connectivity index (χ0v) is 7.73. The van der Waals surface area contributed by atoms with Gasteiger partial charge in [-0.05, 0) is 12.1 Å². The first-order valence-corrected chi connectivity index (χ1v) is 4.59. The van der Waals surface area contributed by atoms with Gasteiger partial charge in [-0.15, -0.1) is 0 Å². The van der Waals surface area contributed by atoms with E-state index in [1.807, 2.05) is 42.2 Å². The Kier molecular flexibility index (Phi) is 2.15. The van der Waals surface area contributed by atoms with E-state index in [-0.39, 0.29) is 0 Å². The van der Waals surface area contributed by atoms with Crippen molar-refractivity contribution in [2.24, 2.45) is 0 Å². The molecule has 0 N–H and O–H groups in total. The minimum Gasteiger partial charge on any atom is -0.798 e. The normalized spacial score (nSPS) is 22.5. The van der Waals surface area contributed by atoms with Crippen molar-refractivity contribution in [3.05, 3.63) is 36.2 Å². The Morgan fingerprint density at radius 2 is 2.08 bits per heavy atom. The first-order chi connectivity index (χ1) is 6.29. The van der Waals surface area contributed by atoms with Crippen LogP contribution in [-0.2, 0) is 0 Å². The van der Waals surface area contributed by atoms with Gasteiger partial charge in [0.2, 0.25) is 0 Å². The average Bonchev–Trinajstić information content (AvgIpc) is 2.49. The van der Waals surface area contributed by atoms with Gasteiger partial charge in [-0.25, -0.2) is 0 Å². The fourth-order valence-electron chi connectivity index (χ4n) is 1.69. The van der Waals surface area contributed by atoms with Crippen LogP contribution in [0.2, 0.25) is 0 Å². The summed E-state index contributed by atoms with van der Waals surface area (Å²) in [6, 6.07) is 9.88. The molecule has 1 unspecified atom stereocenters. The summed E-state index contributed by atoms with van der Waals surface area (Å²) < 4.78 is 0. The predicted molar refractivity (Wildman–Crippen MR) is 51.1 cm³/mol. The summed E-state index contributed by atoms with van der Waals surface area (Å²) in [7, 11) is 0. The van der Waals surface area contributed by atoms with Crippen LogP contribution in [0.1, 0.15) is 13.3 Å². The molecule has 0 spiro atoms. The van der Waals surface area contributed by atoms with E-state index in [0.29, 0.717) is 0 Å². The number of nitrogens with zero attached hydrogens (tertiary/aromatic N) is 1. The molecule has 1 aromatic rings. The predicted octanol–water partition coefficient (Wildman–Crippen LogP) is 1.18. The molecule has 13 heavy (non-hydrogen) atoms. The number of anilines is 1. The van der Waals surface area contributed by atoms with Gasteiger partial charge in [0.05, 0.1) is 19.4 Å². The van der Waals surface area contributed by atoms with E-state index >= 15 is 0 Å². The third-order valence-electron chi connectivity index (χ3n) is 2.54. The Morgan fingerprint density at radius 1 is 1.38 bits per heavy atom. The van der Waals surface area contributed by atoms with E-state index in [9.17, 15) is 5.11 Å². The highest BCUT2D eigenvalue weighted by Gasteiger charge is 2.31. The van der Waals surface area contributed by atoms with Crippen molar-refractivity contribution in [3.8, 4) is 0 Å². The summed E-state index contributed by atoms with van der Waals surface area (Å²) in [5.74, 6) is 1.05. The van der Waals surface area contributed by atoms with Crippen LogP contribution in [0, 0.1) is 5.92 Å². The van der Waals surface area contributed by atoms with Crippen LogP contribution in [-0.4, -0.2) is 12.8 Å². The maximum Gasteiger partial charge on any atom is 0.108 e.